The van der Waals surface area contributed by atoms with Gasteiger partial charge in [-0.3, -0.25) is 4.79 Å². The molecule has 1 saturated carbocycles. The molecule has 1 amide bonds. The Hall–Kier alpha value is -1.82. The van der Waals surface area contributed by atoms with Crippen LogP contribution in [0, 0.1) is 28.4 Å². The monoisotopic (exact) mass is 336 g/mol. The fourth-order valence-electron chi connectivity index (χ4n) is 3.18. The standard InChI is InChI=1S/C17H18F2N2OS/c1-16(2)13(17(16,3)4)14(22)21-15-20-12(8-23-15)10-6-5-9(18)7-11(10)19/h5-8,13H,1-4H3,(H,20,21,22). The van der Waals surface area contributed by atoms with Crippen LogP contribution in [0.2, 0.25) is 0 Å². The van der Waals surface area contributed by atoms with Gasteiger partial charge < -0.3 is 5.32 Å². The van der Waals surface area contributed by atoms with Crippen molar-refractivity contribution in [2.45, 2.75) is 27.7 Å². The molecule has 0 bridgehead atoms. The van der Waals surface area contributed by atoms with Gasteiger partial charge in [0.25, 0.3) is 0 Å². The van der Waals surface area contributed by atoms with Crippen LogP contribution in [-0.4, -0.2) is 10.9 Å². The molecule has 3 nitrogen and oxygen atoms in total. The summed E-state index contributed by atoms with van der Waals surface area (Å²) in [6, 6.07) is 3.35. The molecular formula is C17H18F2N2OS. The summed E-state index contributed by atoms with van der Waals surface area (Å²) in [6.45, 7) is 8.27. The first-order chi connectivity index (χ1) is 10.6. The Bertz CT molecular complexity index is 769. The molecule has 1 aromatic carbocycles. The van der Waals surface area contributed by atoms with Gasteiger partial charge in [-0.05, 0) is 23.0 Å². The molecule has 0 radical (unpaired) electrons. The largest absolute Gasteiger partial charge is 0.302 e. The van der Waals surface area contributed by atoms with Crippen molar-refractivity contribution in [2.24, 2.45) is 16.7 Å². The molecule has 3 rings (SSSR count). The maximum absolute atomic E-state index is 13.8. The molecule has 1 heterocycles. The molecule has 6 heteroatoms. The number of rotatable bonds is 3. The Balaban J connectivity index is 1.77. The fraction of sp³-hybridized carbons (Fsp3) is 0.412. The normalized spacial score (nSPS) is 18.7. The number of thiazole rings is 1. The van der Waals surface area contributed by atoms with Crippen LogP contribution in [0.25, 0.3) is 11.3 Å². The number of hydrogen-bond acceptors (Lipinski definition) is 3. The molecule has 0 saturated heterocycles. The van der Waals surface area contributed by atoms with Crippen LogP contribution in [0.5, 0.6) is 0 Å². The Morgan fingerprint density at radius 3 is 2.43 bits per heavy atom. The van der Waals surface area contributed by atoms with Crippen LogP contribution in [-0.2, 0) is 4.79 Å². The minimum atomic E-state index is -0.669. The predicted molar refractivity (Wildman–Crippen MR) is 87.1 cm³/mol. The number of nitrogens with one attached hydrogen (secondary N) is 1. The summed E-state index contributed by atoms with van der Waals surface area (Å²) in [5.41, 5.74) is 0.493. The fourth-order valence-corrected chi connectivity index (χ4v) is 3.89. The van der Waals surface area contributed by atoms with E-state index in [2.05, 4.69) is 38.0 Å². The zero-order valence-electron chi connectivity index (χ0n) is 13.4. The number of hydrogen-bond donors (Lipinski definition) is 1. The van der Waals surface area contributed by atoms with Crippen LogP contribution in [0.1, 0.15) is 27.7 Å². The van der Waals surface area contributed by atoms with Crippen molar-refractivity contribution < 1.29 is 13.6 Å². The summed E-state index contributed by atoms with van der Waals surface area (Å²) in [6.07, 6.45) is 0. The third-order valence-corrected chi connectivity index (χ3v) is 5.98. The maximum atomic E-state index is 13.8. The molecule has 1 aliphatic carbocycles. The summed E-state index contributed by atoms with van der Waals surface area (Å²) in [5.74, 6) is -1.45. The molecule has 1 aliphatic rings. The second-order valence-corrected chi connectivity index (χ2v) is 7.89. The molecule has 1 fully saturated rings. The molecule has 23 heavy (non-hydrogen) atoms. The van der Waals surface area contributed by atoms with Crippen molar-refractivity contribution in [1.82, 2.24) is 4.98 Å². The van der Waals surface area contributed by atoms with Gasteiger partial charge in [0.2, 0.25) is 5.91 Å². The lowest BCUT2D eigenvalue weighted by Crippen LogP contribution is -2.17. The predicted octanol–water partition coefficient (Wildman–Crippen LogP) is 4.71. The van der Waals surface area contributed by atoms with Gasteiger partial charge in [-0.1, -0.05) is 27.7 Å². The van der Waals surface area contributed by atoms with E-state index in [0.29, 0.717) is 10.8 Å². The SMILES string of the molecule is CC1(C)C(C(=O)Nc2nc(-c3ccc(F)cc3F)cs2)C1(C)C. The van der Waals surface area contributed by atoms with E-state index in [9.17, 15) is 13.6 Å². The van der Waals surface area contributed by atoms with E-state index in [1.807, 2.05) is 0 Å². The molecule has 122 valence electrons. The van der Waals surface area contributed by atoms with Gasteiger partial charge in [0.05, 0.1) is 5.69 Å². The molecule has 0 atom stereocenters. The number of halogens is 2. The first-order valence-electron chi connectivity index (χ1n) is 7.36. The Morgan fingerprint density at radius 2 is 1.87 bits per heavy atom. The quantitative estimate of drug-likeness (QED) is 0.882. The highest BCUT2D eigenvalue weighted by molar-refractivity contribution is 7.14. The third kappa shape index (κ3) is 2.55. The molecule has 0 spiro atoms. The van der Waals surface area contributed by atoms with Crippen molar-refractivity contribution in [3.05, 3.63) is 35.2 Å². The summed E-state index contributed by atoms with van der Waals surface area (Å²) in [7, 11) is 0. The summed E-state index contributed by atoms with van der Waals surface area (Å²) < 4.78 is 26.8. The van der Waals surface area contributed by atoms with Gasteiger partial charge >= 0.3 is 0 Å². The lowest BCUT2D eigenvalue weighted by Gasteiger charge is -2.03. The third-order valence-electron chi connectivity index (χ3n) is 5.22. The van der Waals surface area contributed by atoms with Gasteiger partial charge in [0.15, 0.2) is 5.13 Å². The van der Waals surface area contributed by atoms with Gasteiger partial charge in [-0.15, -0.1) is 11.3 Å². The number of benzene rings is 1. The summed E-state index contributed by atoms with van der Waals surface area (Å²) in [5, 5.41) is 4.88. The smallest absolute Gasteiger partial charge is 0.230 e. The minimum Gasteiger partial charge on any atom is -0.302 e. The Kier molecular flexibility index (Phi) is 3.55. The molecule has 2 aromatic rings. The van der Waals surface area contributed by atoms with Crippen molar-refractivity contribution in [2.75, 3.05) is 5.32 Å². The number of amides is 1. The van der Waals surface area contributed by atoms with Gasteiger partial charge in [0, 0.05) is 22.9 Å². The van der Waals surface area contributed by atoms with Crippen LogP contribution >= 0.6 is 11.3 Å². The van der Waals surface area contributed by atoms with Crippen molar-refractivity contribution >= 4 is 22.4 Å². The zero-order chi connectivity index (χ0) is 17.0. The first-order valence-corrected chi connectivity index (χ1v) is 8.24. The number of anilines is 1. The van der Waals surface area contributed by atoms with Crippen molar-refractivity contribution in [3.8, 4) is 11.3 Å². The Labute approximate surface area is 137 Å². The average molecular weight is 336 g/mol. The van der Waals surface area contributed by atoms with Crippen LogP contribution in [0.15, 0.2) is 23.6 Å². The van der Waals surface area contributed by atoms with Crippen LogP contribution in [0.4, 0.5) is 13.9 Å². The van der Waals surface area contributed by atoms with Crippen molar-refractivity contribution in [3.63, 3.8) is 0 Å². The van der Waals surface area contributed by atoms with E-state index in [1.165, 1.54) is 23.5 Å². The highest BCUT2D eigenvalue weighted by atomic mass is 32.1. The lowest BCUT2D eigenvalue weighted by atomic mass is 10.0. The summed E-state index contributed by atoms with van der Waals surface area (Å²) >= 11 is 1.23. The number of nitrogens with zero attached hydrogens (tertiary/aromatic N) is 1. The molecule has 1 aromatic heterocycles. The van der Waals surface area contributed by atoms with Crippen LogP contribution < -0.4 is 5.32 Å². The first kappa shape index (κ1) is 16.1. The molecule has 1 N–H and O–H groups in total. The molecule has 0 unspecified atom stereocenters. The molecular weight excluding hydrogens is 318 g/mol. The topological polar surface area (TPSA) is 42.0 Å². The van der Waals surface area contributed by atoms with Gasteiger partial charge in [-0.25, -0.2) is 13.8 Å². The Morgan fingerprint density at radius 1 is 1.22 bits per heavy atom. The van der Waals surface area contributed by atoms with E-state index in [-0.39, 0.29) is 28.2 Å². The number of aromatic nitrogens is 1. The van der Waals surface area contributed by atoms with Gasteiger partial charge in [-0.2, -0.15) is 0 Å². The highest BCUT2D eigenvalue weighted by Gasteiger charge is 2.68. The number of carbonyl (C=O) groups excluding carboxylic acids is 1. The van der Waals surface area contributed by atoms with E-state index >= 15 is 0 Å². The molecule has 0 aliphatic heterocycles. The second-order valence-electron chi connectivity index (χ2n) is 7.03. The highest BCUT2D eigenvalue weighted by Crippen LogP contribution is 2.68. The average Bonchev–Trinajstić information content (AvgIpc) is 2.76. The second kappa shape index (κ2) is 5.09. The number of carbonyl (C=O) groups is 1. The van der Waals surface area contributed by atoms with Crippen molar-refractivity contribution in [1.29, 1.82) is 0 Å². The maximum Gasteiger partial charge on any atom is 0.230 e. The van der Waals surface area contributed by atoms with Crippen LogP contribution in [0.3, 0.4) is 0 Å². The van der Waals surface area contributed by atoms with E-state index < -0.39 is 11.6 Å². The zero-order valence-corrected chi connectivity index (χ0v) is 14.2. The lowest BCUT2D eigenvalue weighted by molar-refractivity contribution is -0.118. The van der Waals surface area contributed by atoms with E-state index in [1.54, 1.807) is 5.38 Å². The van der Waals surface area contributed by atoms with E-state index in [0.717, 1.165) is 6.07 Å². The van der Waals surface area contributed by atoms with E-state index in [4.69, 9.17) is 0 Å². The van der Waals surface area contributed by atoms with Gasteiger partial charge in [0.1, 0.15) is 11.6 Å². The summed E-state index contributed by atoms with van der Waals surface area (Å²) in [4.78, 5) is 16.6. The minimum absolute atomic E-state index is 0.0553.